The molecular weight excluding hydrogens is 259 g/mol. The summed E-state index contributed by atoms with van der Waals surface area (Å²) in [6.45, 7) is 5.64. The SMILES string of the molecule is C=CC(C)(CO)Cc1ccc(F)c(Br)c1. The van der Waals surface area contributed by atoms with Crippen LogP contribution < -0.4 is 0 Å². The molecule has 0 aliphatic rings. The Bertz CT molecular complexity index is 365. The lowest BCUT2D eigenvalue weighted by Gasteiger charge is -2.22. The summed E-state index contributed by atoms with van der Waals surface area (Å²) in [4.78, 5) is 0. The van der Waals surface area contributed by atoms with Crippen LogP contribution in [0.25, 0.3) is 0 Å². The van der Waals surface area contributed by atoms with Gasteiger partial charge in [0.2, 0.25) is 0 Å². The van der Waals surface area contributed by atoms with Crippen molar-refractivity contribution in [3.63, 3.8) is 0 Å². The zero-order chi connectivity index (χ0) is 11.5. The smallest absolute Gasteiger partial charge is 0.137 e. The molecular formula is C12H14BrFO. The number of aliphatic hydroxyl groups excluding tert-OH is 1. The first-order valence-corrected chi connectivity index (χ1v) is 5.48. The van der Waals surface area contributed by atoms with Crippen LogP contribution in [0.2, 0.25) is 0 Å². The van der Waals surface area contributed by atoms with E-state index in [9.17, 15) is 9.50 Å². The van der Waals surface area contributed by atoms with Crippen LogP contribution in [0.15, 0.2) is 35.3 Å². The Morgan fingerprint density at radius 1 is 1.60 bits per heavy atom. The van der Waals surface area contributed by atoms with Gasteiger partial charge in [-0.25, -0.2) is 4.39 Å². The second kappa shape index (κ2) is 4.90. The lowest BCUT2D eigenvalue weighted by Crippen LogP contribution is -2.21. The summed E-state index contributed by atoms with van der Waals surface area (Å²) < 4.78 is 13.4. The molecule has 3 heteroatoms. The molecule has 0 saturated heterocycles. The van der Waals surface area contributed by atoms with E-state index in [1.54, 1.807) is 18.2 Å². The van der Waals surface area contributed by atoms with Crippen LogP contribution in [0.5, 0.6) is 0 Å². The van der Waals surface area contributed by atoms with Crippen molar-refractivity contribution in [1.29, 1.82) is 0 Å². The first-order valence-electron chi connectivity index (χ1n) is 4.69. The van der Waals surface area contributed by atoms with Crippen molar-refractivity contribution in [2.45, 2.75) is 13.3 Å². The molecule has 1 N–H and O–H groups in total. The topological polar surface area (TPSA) is 20.2 Å². The Morgan fingerprint density at radius 3 is 2.73 bits per heavy atom. The second-order valence-corrected chi connectivity index (χ2v) is 4.80. The summed E-state index contributed by atoms with van der Waals surface area (Å²) in [6, 6.07) is 4.87. The van der Waals surface area contributed by atoms with Crippen LogP contribution >= 0.6 is 15.9 Å². The van der Waals surface area contributed by atoms with Gasteiger partial charge >= 0.3 is 0 Å². The summed E-state index contributed by atoms with van der Waals surface area (Å²) in [5, 5.41) is 9.21. The van der Waals surface area contributed by atoms with E-state index in [0.717, 1.165) is 5.56 Å². The molecule has 1 rings (SSSR count). The maximum Gasteiger partial charge on any atom is 0.137 e. The summed E-state index contributed by atoms with van der Waals surface area (Å²) in [5.41, 5.74) is 0.622. The van der Waals surface area contributed by atoms with Crippen LogP contribution in [-0.4, -0.2) is 11.7 Å². The van der Waals surface area contributed by atoms with Gasteiger partial charge in [-0.2, -0.15) is 0 Å². The van der Waals surface area contributed by atoms with Crippen LogP contribution in [-0.2, 0) is 6.42 Å². The number of halogens is 2. The van der Waals surface area contributed by atoms with Crippen molar-refractivity contribution in [2.75, 3.05) is 6.61 Å². The molecule has 82 valence electrons. The minimum atomic E-state index is -0.350. The zero-order valence-corrected chi connectivity index (χ0v) is 10.2. The third kappa shape index (κ3) is 3.14. The molecule has 1 aromatic rings. The predicted octanol–water partition coefficient (Wildman–Crippen LogP) is 3.32. The number of hydrogen-bond donors (Lipinski definition) is 1. The van der Waals surface area contributed by atoms with Gasteiger partial charge in [0.05, 0.1) is 11.1 Å². The lowest BCUT2D eigenvalue weighted by atomic mass is 9.85. The van der Waals surface area contributed by atoms with Crippen LogP contribution in [0.1, 0.15) is 12.5 Å². The highest BCUT2D eigenvalue weighted by Gasteiger charge is 2.19. The predicted molar refractivity (Wildman–Crippen MR) is 63.2 cm³/mol. The van der Waals surface area contributed by atoms with Gasteiger partial charge in [0.1, 0.15) is 5.82 Å². The fourth-order valence-electron chi connectivity index (χ4n) is 1.31. The number of aliphatic hydroxyl groups is 1. The van der Waals surface area contributed by atoms with E-state index in [1.165, 1.54) is 6.07 Å². The third-order valence-electron chi connectivity index (χ3n) is 2.45. The minimum Gasteiger partial charge on any atom is -0.395 e. The molecule has 1 unspecified atom stereocenters. The maximum atomic E-state index is 13.0. The molecule has 0 bridgehead atoms. The fourth-order valence-corrected chi connectivity index (χ4v) is 1.73. The van der Waals surface area contributed by atoms with E-state index in [0.29, 0.717) is 10.9 Å². The Kier molecular flexibility index (Phi) is 4.05. The molecule has 1 nitrogen and oxygen atoms in total. The first-order chi connectivity index (χ1) is 7.00. The van der Waals surface area contributed by atoms with Gasteiger partial charge in [0.25, 0.3) is 0 Å². The molecule has 0 radical (unpaired) electrons. The van der Waals surface area contributed by atoms with E-state index in [1.807, 2.05) is 6.92 Å². The van der Waals surface area contributed by atoms with Gasteiger partial charge in [-0.1, -0.05) is 19.1 Å². The minimum absolute atomic E-state index is 0.0332. The second-order valence-electron chi connectivity index (χ2n) is 3.94. The molecule has 0 aromatic heterocycles. The highest BCUT2D eigenvalue weighted by molar-refractivity contribution is 9.10. The highest BCUT2D eigenvalue weighted by atomic mass is 79.9. The average Bonchev–Trinajstić information content (AvgIpc) is 2.23. The van der Waals surface area contributed by atoms with E-state index in [-0.39, 0.29) is 17.8 Å². The Balaban J connectivity index is 2.89. The summed E-state index contributed by atoms with van der Waals surface area (Å²) in [6.07, 6.45) is 2.37. The van der Waals surface area contributed by atoms with Gasteiger partial charge < -0.3 is 5.11 Å². The third-order valence-corrected chi connectivity index (χ3v) is 3.05. The lowest BCUT2D eigenvalue weighted by molar-refractivity contribution is 0.184. The van der Waals surface area contributed by atoms with Crippen LogP contribution in [0.4, 0.5) is 4.39 Å². The molecule has 1 aromatic carbocycles. The van der Waals surface area contributed by atoms with Gasteiger partial charge in [-0.15, -0.1) is 6.58 Å². The van der Waals surface area contributed by atoms with Crippen molar-refractivity contribution in [1.82, 2.24) is 0 Å². The number of benzene rings is 1. The standard InChI is InChI=1S/C12H14BrFO/c1-3-12(2,8-15)7-9-4-5-11(14)10(13)6-9/h3-6,15H,1,7-8H2,2H3. The van der Waals surface area contributed by atoms with Crippen molar-refractivity contribution in [2.24, 2.45) is 5.41 Å². The van der Waals surface area contributed by atoms with Crippen molar-refractivity contribution >= 4 is 15.9 Å². The van der Waals surface area contributed by atoms with E-state index < -0.39 is 0 Å². The molecule has 0 saturated carbocycles. The first kappa shape index (κ1) is 12.4. The molecule has 0 amide bonds. The molecule has 0 aliphatic carbocycles. The largest absolute Gasteiger partial charge is 0.395 e. The van der Waals surface area contributed by atoms with Gasteiger partial charge in [0.15, 0.2) is 0 Å². The van der Waals surface area contributed by atoms with Crippen LogP contribution in [0.3, 0.4) is 0 Å². The highest BCUT2D eigenvalue weighted by Crippen LogP contribution is 2.25. The van der Waals surface area contributed by atoms with E-state index >= 15 is 0 Å². The fraction of sp³-hybridized carbons (Fsp3) is 0.333. The quantitative estimate of drug-likeness (QED) is 0.834. The molecule has 0 fully saturated rings. The van der Waals surface area contributed by atoms with Crippen molar-refractivity contribution < 1.29 is 9.50 Å². The summed E-state index contributed by atoms with van der Waals surface area (Å²) in [5.74, 6) is -0.275. The van der Waals surface area contributed by atoms with Crippen molar-refractivity contribution in [3.05, 3.63) is 46.7 Å². The monoisotopic (exact) mass is 272 g/mol. The molecule has 0 heterocycles. The van der Waals surface area contributed by atoms with Crippen molar-refractivity contribution in [3.8, 4) is 0 Å². The van der Waals surface area contributed by atoms with Gasteiger partial charge in [-0.3, -0.25) is 0 Å². The molecule has 15 heavy (non-hydrogen) atoms. The Hall–Kier alpha value is -0.670. The Labute approximate surface area is 97.8 Å². The Morgan fingerprint density at radius 2 is 2.27 bits per heavy atom. The molecule has 0 spiro atoms. The van der Waals surface area contributed by atoms with E-state index in [4.69, 9.17) is 0 Å². The molecule has 0 aliphatic heterocycles. The molecule has 1 atom stereocenters. The van der Waals surface area contributed by atoms with E-state index in [2.05, 4.69) is 22.5 Å². The summed E-state index contributed by atoms with van der Waals surface area (Å²) in [7, 11) is 0. The maximum absolute atomic E-state index is 13.0. The number of hydrogen-bond acceptors (Lipinski definition) is 1. The average molecular weight is 273 g/mol. The van der Waals surface area contributed by atoms with Gasteiger partial charge in [-0.05, 0) is 40.0 Å². The zero-order valence-electron chi connectivity index (χ0n) is 8.63. The van der Waals surface area contributed by atoms with Gasteiger partial charge in [0, 0.05) is 5.41 Å². The normalized spacial score (nSPS) is 14.7. The summed E-state index contributed by atoms with van der Waals surface area (Å²) >= 11 is 3.13. The van der Waals surface area contributed by atoms with Crippen LogP contribution in [0, 0.1) is 11.2 Å². The number of rotatable bonds is 4.